The molecule has 1 rings (SSSR count). The molecule has 1 fully saturated rings. The molecule has 1 aliphatic rings. The summed E-state index contributed by atoms with van der Waals surface area (Å²) in [4.78, 5) is 0. The summed E-state index contributed by atoms with van der Waals surface area (Å²) in [5.74, 6) is 0.389. The Morgan fingerprint density at radius 1 is 1.47 bits per heavy atom. The van der Waals surface area contributed by atoms with Gasteiger partial charge in [-0.2, -0.15) is 4.31 Å². The lowest BCUT2D eigenvalue weighted by atomic mass is 10.0. The van der Waals surface area contributed by atoms with Crippen LogP contribution in [0.4, 0.5) is 0 Å². The number of nitrogens with two attached hydrogens (primary N) is 1. The first kappa shape index (κ1) is 12.9. The molecule has 1 atom stereocenters. The van der Waals surface area contributed by atoms with Crippen LogP contribution < -0.4 is 5.73 Å². The second kappa shape index (κ2) is 4.39. The van der Waals surface area contributed by atoms with Crippen molar-refractivity contribution in [3.63, 3.8) is 0 Å². The fraction of sp³-hybridized carbons (Fsp3) is 1.00. The molecule has 1 unspecified atom stereocenters. The first-order chi connectivity index (χ1) is 6.82. The Morgan fingerprint density at radius 2 is 2.07 bits per heavy atom. The maximum Gasteiger partial charge on any atom is 0.214 e. The van der Waals surface area contributed by atoms with E-state index >= 15 is 0 Å². The average molecular weight is 234 g/mol. The van der Waals surface area contributed by atoms with Crippen molar-refractivity contribution in [2.45, 2.75) is 39.2 Å². The highest BCUT2D eigenvalue weighted by Gasteiger charge is 2.42. The maximum absolute atomic E-state index is 12.1. The molecular formula is C10H22N2O2S. The Balaban J connectivity index is 2.87. The zero-order valence-corrected chi connectivity index (χ0v) is 10.7. The second-order valence-corrected chi connectivity index (χ2v) is 6.99. The molecule has 0 aromatic rings. The summed E-state index contributed by atoms with van der Waals surface area (Å²) < 4.78 is 25.8. The van der Waals surface area contributed by atoms with Gasteiger partial charge in [0.15, 0.2) is 0 Å². The van der Waals surface area contributed by atoms with Crippen LogP contribution in [0, 0.1) is 5.92 Å². The molecule has 2 N–H and O–H groups in total. The van der Waals surface area contributed by atoms with Crippen LogP contribution in [0.25, 0.3) is 0 Å². The molecule has 0 bridgehead atoms. The van der Waals surface area contributed by atoms with E-state index in [9.17, 15) is 8.42 Å². The summed E-state index contributed by atoms with van der Waals surface area (Å²) in [6.07, 6.45) is 1.80. The fourth-order valence-corrected chi connectivity index (χ4v) is 4.46. The summed E-state index contributed by atoms with van der Waals surface area (Å²) in [7, 11) is -3.13. The molecule has 0 spiro atoms. The number of hydrogen-bond acceptors (Lipinski definition) is 3. The molecule has 1 aliphatic heterocycles. The first-order valence-electron chi connectivity index (χ1n) is 5.52. The largest absolute Gasteiger partial charge is 0.329 e. The Bertz CT molecular complexity index is 313. The molecule has 15 heavy (non-hydrogen) atoms. The van der Waals surface area contributed by atoms with Crippen LogP contribution in [-0.2, 0) is 10.0 Å². The molecule has 5 heteroatoms. The smallest absolute Gasteiger partial charge is 0.214 e. The van der Waals surface area contributed by atoms with E-state index in [1.165, 1.54) is 0 Å². The van der Waals surface area contributed by atoms with Gasteiger partial charge in [0, 0.05) is 18.6 Å². The third-order valence-corrected chi connectivity index (χ3v) is 5.38. The summed E-state index contributed by atoms with van der Waals surface area (Å²) in [6.45, 7) is 6.83. The van der Waals surface area contributed by atoms with Gasteiger partial charge in [-0.15, -0.1) is 0 Å². The molecule has 90 valence electrons. The van der Waals surface area contributed by atoms with Crippen LogP contribution in [0.3, 0.4) is 0 Å². The van der Waals surface area contributed by atoms with Crippen molar-refractivity contribution in [3.05, 3.63) is 0 Å². The molecule has 0 radical (unpaired) electrons. The summed E-state index contributed by atoms with van der Waals surface area (Å²) in [5.41, 5.74) is 5.33. The molecule has 0 aromatic carbocycles. The zero-order chi connectivity index (χ0) is 11.7. The quantitative estimate of drug-likeness (QED) is 0.782. The lowest BCUT2D eigenvalue weighted by Gasteiger charge is -2.33. The van der Waals surface area contributed by atoms with Gasteiger partial charge in [0.25, 0.3) is 0 Å². The second-order valence-electron chi connectivity index (χ2n) is 5.05. The average Bonchev–Trinajstić information content (AvgIpc) is 2.46. The van der Waals surface area contributed by atoms with Gasteiger partial charge >= 0.3 is 0 Å². The van der Waals surface area contributed by atoms with Gasteiger partial charge in [-0.05, 0) is 25.7 Å². The molecule has 4 nitrogen and oxygen atoms in total. The van der Waals surface area contributed by atoms with Gasteiger partial charge in [0.05, 0.1) is 5.75 Å². The normalized spacial score (nSPS) is 28.9. The highest BCUT2D eigenvalue weighted by Crippen LogP contribution is 2.31. The predicted molar refractivity (Wildman–Crippen MR) is 62.0 cm³/mol. The van der Waals surface area contributed by atoms with Gasteiger partial charge in [-0.25, -0.2) is 8.42 Å². The van der Waals surface area contributed by atoms with Crippen molar-refractivity contribution in [1.29, 1.82) is 0 Å². The SMILES string of the molecule is CC(C)CS(=O)(=O)N1CCCC1(C)CN. The van der Waals surface area contributed by atoms with E-state index in [0.717, 1.165) is 12.8 Å². The number of hydrogen-bond donors (Lipinski definition) is 1. The Morgan fingerprint density at radius 3 is 2.53 bits per heavy atom. The molecule has 0 aromatic heterocycles. The van der Waals surface area contributed by atoms with Gasteiger partial charge in [0.2, 0.25) is 10.0 Å². The lowest BCUT2D eigenvalue weighted by molar-refractivity contribution is 0.272. The van der Waals surface area contributed by atoms with Crippen molar-refractivity contribution in [2.24, 2.45) is 11.7 Å². The highest BCUT2D eigenvalue weighted by molar-refractivity contribution is 7.89. The van der Waals surface area contributed by atoms with Crippen LogP contribution in [-0.4, -0.2) is 37.1 Å². The molecule has 0 saturated carbocycles. The number of rotatable bonds is 4. The van der Waals surface area contributed by atoms with E-state index < -0.39 is 10.0 Å². The monoisotopic (exact) mass is 234 g/mol. The van der Waals surface area contributed by atoms with E-state index in [-0.39, 0.29) is 17.2 Å². The number of nitrogens with zero attached hydrogens (tertiary/aromatic N) is 1. The van der Waals surface area contributed by atoms with Crippen LogP contribution >= 0.6 is 0 Å². The topological polar surface area (TPSA) is 63.4 Å². The highest BCUT2D eigenvalue weighted by atomic mass is 32.2. The van der Waals surface area contributed by atoms with Crippen molar-refractivity contribution < 1.29 is 8.42 Å². The van der Waals surface area contributed by atoms with Crippen molar-refractivity contribution in [3.8, 4) is 0 Å². The van der Waals surface area contributed by atoms with Crippen molar-refractivity contribution in [2.75, 3.05) is 18.8 Å². The van der Waals surface area contributed by atoms with Crippen molar-refractivity contribution in [1.82, 2.24) is 4.31 Å². The minimum absolute atomic E-state index is 0.164. The van der Waals surface area contributed by atoms with Gasteiger partial charge in [-0.3, -0.25) is 0 Å². The standard InChI is InChI=1S/C10H22N2O2S/c1-9(2)7-15(13,14)12-6-4-5-10(12,3)8-11/h9H,4-8,11H2,1-3H3. The van der Waals surface area contributed by atoms with E-state index in [4.69, 9.17) is 5.73 Å². The molecule has 0 amide bonds. The van der Waals surface area contributed by atoms with Crippen molar-refractivity contribution >= 4 is 10.0 Å². The molecule has 1 saturated heterocycles. The van der Waals surface area contributed by atoms with E-state index in [1.54, 1.807) is 4.31 Å². The fourth-order valence-electron chi connectivity index (χ4n) is 2.19. The van der Waals surface area contributed by atoms with E-state index in [0.29, 0.717) is 13.1 Å². The van der Waals surface area contributed by atoms with Gasteiger partial charge in [0.1, 0.15) is 0 Å². The Labute approximate surface area is 92.9 Å². The molecular weight excluding hydrogens is 212 g/mol. The van der Waals surface area contributed by atoms with Gasteiger partial charge in [-0.1, -0.05) is 13.8 Å². The summed E-state index contributed by atoms with van der Waals surface area (Å²) in [6, 6.07) is 0. The summed E-state index contributed by atoms with van der Waals surface area (Å²) >= 11 is 0. The minimum atomic E-state index is -3.13. The lowest BCUT2D eigenvalue weighted by Crippen LogP contribution is -2.51. The van der Waals surface area contributed by atoms with Crippen LogP contribution in [0.1, 0.15) is 33.6 Å². The maximum atomic E-state index is 12.1. The third-order valence-electron chi connectivity index (χ3n) is 3.00. The first-order valence-corrected chi connectivity index (χ1v) is 7.13. The van der Waals surface area contributed by atoms with Gasteiger partial charge < -0.3 is 5.73 Å². The van der Waals surface area contributed by atoms with E-state index in [1.807, 2.05) is 20.8 Å². The molecule has 1 heterocycles. The third kappa shape index (κ3) is 2.71. The predicted octanol–water partition coefficient (Wildman–Crippen LogP) is 0.785. The minimum Gasteiger partial charge on any atom is -0.329 e. The number of sulfonamides is 1. The zero-order valence-electron chi connectivity index (χ0n) is 9.86. The van der Waals surface area contributed by atoms with Crippen LogP contribution in [0.2, 0.25) is 0 Å². The molecule has 0 aliphatic carbocycles. The van der Waals surface area contributed by atoms with Crippen LogP contribution in [0.15, 0.2) is 0 Å². The Hall–Kier alpha value is -0.130. The van der Waals surface area contributed by atoms with E-state index in [2.05, 4.69) is 0 Å². The van der Waals surface area contributed by atoms with Crippen LogP contribution in [0.5, 0.6) is 0 Å². The Kier molecular flexibility index (Phi) is 3.79. The summed E-state index contributed by atoms with van der Waals surface area (Å²) in [5, 5.41) is 0.